The fraction of sp³-hybridized carbons (Fsp3) is 0.0714. The fourth-order valence-electron chi connectivity index (χ4n) is 1.66. The molecular formula is C14H8BrClF2O. The third kappa shape index (κ3) is 3.39. The van der Waals surface area contributed by atoms with Gasteiger partial charge in [-0.2, -0.15) is 0 Å². The van der Waals surface area contributed by atoms with Crippen molar-refractivity contribution in [2.45, 2.75) is 6.42 Å². The molecule has 98 valence electrons. The summed E-state index contributed by atoms with van der Waals surface area (Å²) in [6.45, 7) is 0. The minimum Gasteiger partial charge on any atom is -0.294 e. The van der Waals surface area contributed by atoms with Crippen LogP contribution in [0.15, 0.2) is 40.9 Å². The van der Waals surface area contributed by atoms with Crippen molar-refractivity contribution in [1.29, 1.82) is 0 Å². The normalized spacial score (nSPS) is 10.5. The Kier molecular flexibility index (Phi) is 4.32. The maximum absolute atomic E-state index is 13.1. The predicted octanol–water partition coefficient (Wildman–Crippen LogP) is 4.81. The first kappa shape index (κ1) is 14.2. The molecule has 0 N–H and O–H groups in total. The standard InChI is InChI=1S/C14H8BrClF2O/c15-9-3-1-2-8(4-9)5-14(19)10-6-12(17)13(18)7-11(10)16/h1-4,6-7H,5H2. The van der Waals surface area contributed by atoms with E-state index in [0.29, 0.717) is 0 Å². The molecule has 5 heteroatoms. The van der Waals surface area contributed by atoms with E-state index in [1.165, 1.54) is 0 Å². The topological polar surface area (TPSA) is 17.1 Å². The second-order valence-corrected chi connectivity index (χ2v) is 5.30. The molecule has 2 aromatic rings. The van der Waals surface area contributed by atoms with E-state index in [1.54, 1.807) is 18.2 Å². The van der Waals surface area contributed by atoms with Crippen LogP contribution in [-0.2, 0) is 6.42 Å². The SMILES string of the molecule is O=C(Cc1cccc(Br)c1)c1cc(F)c(F)cc1Cl. The number of carbonyl (C=O) groups excluding carboxylic acids is 1. The third-order valence-electron chi connectivity index (χ3n) is 2.56. The number of rotatable bonds is 3. The molecule has 0 aliphatic carbocycles. The number of ketones is 1. The van der Waals surface area contributed by atoms with Crippen LogP contribution in [0.4, 0.5) is 8.78 Å². The molecule has 0 fully saturated rings. The number of Topliss-reactive ketones (excluding diaryl/α,β-unsaturated/α-hetero) is 1. The number of hydrogen-bond acceptors (Lipinski definition) is 1. The molecule has 2 rings (SSSR count). The molecule has 0 saturated carbocycles. The Morgan fingerprint density at radius 3 is 2.53 bits per heavy atom. The van der Waals surface area contributed by atoms with Crippen molar-refractivity contribution in [2.75, 3.05) is 0 Å². The van der Waals surface area contributed by atoms with E-state index >= 15 is 0 Å². The first-order valence-electron chi connectivity index (χ1n) is 5.39. The van der Waals surface area contributed by atoms with Crippen molar-refractivity contribution in [1.82, 2.24) is 0 Å². The molecule has 0 atom stereocenters. The van der Waals surface area contributed by atoms with Crippen molar-refractivity contribution >= 4 is 33.3 Å². The highest BCUT2D eigenvalue weighted by Gasteiger charge is 2.15. The van der Waals surface area contributed by atoms with Crippen LogP contribution in [0.5, 0.6) is 0 Å². The summed E-state index contributed by atoms with van der Waals surface area (Å²) in [5, 5.41) is -0.0844. The average Bonchev–Trinajstić information content (AvgIpc) is 2.33. The molecular weight excluding hydrogens is 338 g/mol. The van der Waals surface area contributed by atoms with Gasteiger partial charge in [-0.05, 0) is 29.8 Å². The van der Waals surface area contributed by atoms with Gasteiger partial charge in [0.05, 0.1) is 5.02 Å². The van der Waals surface area contributed by atoms with Gasteiger partial charge in [-0.1, -0.05) is 39.7 Å². The highest BCUT2D eigenvalue weighted by atomic mass is 79.9. The summed E-state index contributed by atoms with van der Waals surface area (Å²) in [7, 11) is 0. The number of hydrogen-bond donors (Lipinski definition) is 0. The number of halogens is 4. The van der Waals surface area contributed by atoms with Crippen molar-refractivity contribution in [3.05, 3.63) is 68.7 Å². The molecule has 0 aliphatic rings. The monoisotopic (exact) mass is 344 g/mol. The summed E-state index contributed by atoms with van der Waals surface area (Å²) in [5.74, 6) is -2.51. The van der Waals surface area contributed by atoms with E-state index in [2.05, 4.69) is 15.9 Å². The maximum Gasteiger partial charge on any atom is 0.168 e. The highest BCUT2D eigenvalue weighted by Crippen LogP contribution is 2.22. The predicted molar refractivity (Wildman–Crippen MR) is 73.5 cm³/mol. The van der Waals surface area contributed by atoms with Gasteiger partial charge in [-0.25, -0.2) is 8.78 Å². The van der Waals surface area contributed by atoms with Gasteiger partial charge in [0, 0.05) is 16.5 Å². The van der Waals surface area contributed by atoms with Gasteiger partial charge in [0.1, 0.15) is 0 Å². The third-order valence-corrected chi connectivity index (χ3v) is 3.37. The van der Waals surface area contributed by atoms with Gasteiger partial charge < -0.3 is 0 Å². The van der Waals surface area contributed by atoms with Gasteiger partial charge in [0.15, 0.2) is 17.4 Å². The molecule has 19 heavy (non-hydrogen) atoms. The van der Waals surface area contributed by atoms with E-state index in [9.17, 15) is 13.6 Å². The van der Waals surface area contributed by atoms with E-state index in [1.807, 2.05) is 6.07 Å². The fourth-order valence-corrected chi connectivity index (χ4v) is 2.37. The second-order valence-electron chi connectivity index (χ2n) is 3.98. The van der Waals surface area contributed by atoms with Crippen molar-refractivity contribution in [3.63, 3.8) is 0 Å². The van der Waals surface area contributed by atoms with Gasteiger partial charge in [-0.15, -0.1) is 0 Å². The van der Waals surface area contributed by atoms with Gasteiger partial charge >= 0.3 is 0 Å². The molecule has 0 spiro atoms. The van der Waals surface area contributed by atoms with Crippen molar-refractivity contribution in [3.8, 4) is 0 Å². The van der Waals surface area contributed by atoms with Crippen LogP contribution >= 0.6 is 27.5 Å². The van der Waals surface area contributed by atoms with E-state index in [4.69, 9.17) is 11.6 Å². The molecule has 1 nitrogen and oxygen atoms in total. The quantitative estimate of drug-likeness (QED) is 0.576. The lowest BCUT2D eigenvalue weighted by Gasteiger charge is -2.05. The Labute approximate surface area is 122 Å². The van der Waals surface area contributed by atoms with Crippen LogP contribution in [0.2, 0.25) is 5.02 Å². The zero-order valence-electron chi connectivity index (χ0n) is 9.59. The van der Waals surface area contributed by atoms with E-state index in [0.717, 1.165) is 22.2 Å². The van der Waals surface area contributed by atoms with Crippen molar-refractivity contribution in [2.24, 2.45) is 0 Å². The first-order valence-corrected chi connectivity index (χ1v) is 6.56. The Balaban J connectivity index is 2.28. The van der Waals surface area contributed by atoms with Crippen LogP contribution < -0.4 is 0 Å². The molecule has 0 amide bonds. The van der Waals surface area contributed by atoms with Crippen molar-refractivity contribution < 1.29 is 13.6 Å². The minimum absolute atomic E-state index is 0.0134. The molecule has 0 aromatic heterocycles. The molecule has 0 heterocycles. The Morgan fingerprint density at radius 1 is 1.16 bits per heavy atom. The van der Waals surface area contributed by atoms with Crippen LogP contribution in [0.1, 0.15) is 15.9 Å². The Hall–Kier alpha value is -1.26. The Bertz CT molecular complexity index is 643. The largest absolute Gasteiger partial charge is 0.294 e. The lowest BCUT2D eigenvalue weighted by Crippen LogP contribution is -2.05. The second kappa shape index (κ2) is 5.80. The number of carbonyl (C=O) groups is 1. The van der Waals surface area contributed by atoms with Crippen LogP contribution in [0.25, 0.3) is 0 Å². The zero-order chi connectivity index (χ0) is 14.0. The summed E-state index contributed by atoms with van der Waals surface area (Å²) < 4.78 is 26.9. The average molecular weight is 346 g/mol. The van der Waals surface area contributed by atoms with Crippen LogP contribution in [-0.4, -0.2) is 5.78 Å². The van der Waals surface area contributed by atoms with Gasteiger partial charge in [-0.3, -0.25) is 4.79 Å². The minimum atomic E-state index is -1.08. The first-order chi connectivity index (χ1) is 8.97. The summed E-state index contributed by atoms with van der Waals surface area (Å²) in [6, 6.07) is 8.82. The summed E-state index contributed by atoms with van der Waals surface area (Å²) in [5.41, 5.74) is 0.751. The molecule has 0 radical (unpaired) electrons. The van der Waals surface area contributed by atoms with Crippen LogP contribution in [0, 0.1) is 11.6 Å². The van der Waals surface area contributed by atoms with E-state index < -0.39 is 11.6 Å². The molecule has 0 unspecified atom stereocenters. The van der Waals surface area contributed by atoms with Gasteiger partial charge in [0.25, 0.3) is 0 Å². The molecule has 2 aromatic carbocycles. The summed E-state index contributed by atoms with van der Waals surface area (Å²) in [4.78, 5) is 12.0. The highest BCUT2D eigenvalue weighted by molar-refractivity contribution is 9.10. The lowest BCUT2D eigenvalue weighted by molar-refractivity contribution is 0.0992. The molecule has 0 bridgehead atoms. The molecule has 0 aliphatic heterocycles. The lowest BCUT2D eigenvalue weighted by atomic mass is 10.0. The summed E-state index contributed by atoms with van der Waals surface area (Å²) in [6.07, 6.45) is 0.0736. The molecule has 0 saturated heterocycles. The van der Waals surface area contributed by atoms with Gasteiger partial charge in [0.2, 0.25) is 0 Å². The summed E-state index contributed by atoms with van der Waals surface area (Å²) >= 11 is 9.05. The van der Waals surface area contributed by atoms with Crippen LogP contribution in [0.3, 0.4) is 0 Å². The Morgan fingerprint density at radius 2 is 1.84 bits per heavy atom. The smallest absolute Gasteiger partial charge is 0.168 e. The van der Waals surface area contributed by atoms with E-state index in [-0.39, 0.29) is 22.8 Å². The number of benzene rings is 2. The maximum atomic E-state index is 13.1. The zero-order valence-corrected chi connectivity index (χ0v) is 11.9.